The van der Waals surface area contributed by atoms with Gasteiger partial charge in [-0.05, 0) is 24.1 Å². The molecule has 0 unspecified atom stereocenters. The van der Waals surface area contributed by atoms with Crippen molar-refractivity contribution in [2.75, 3.05) is 5.73 Å². The number of rotatable bonds is 4. The molecular weight excluding hydrogens is 407 g/mol. The smallest absolute Gasteiger partial charge is 0.368 e. The average molecular weight is 425 g/mol. The van der Waals surface area contributed by atoms with Crippen LogP contribution in [0.1, 0.15) is 31.0 Å². The van der Waals surface area contributed by atoms with Gasteiger partial charge in [-0.1, -0.05) is 26.0 Å². The minimum atomic E-state index is -4.39. The molecule has 0 bridgehead atoms. The van der Waals surface area contributed by atoms with Crippen LogP contribution in [-0.4, -0.2) is 29.5 Å². The number of nitrogen functional groups attached to an aromatic ring is 1. The van der Waals surface area contributed by atoms with Crippen LogP contribution >= 0.6 is 0 Å². The fourth-order valence-electron chi connectivity index (χ4n) is 2.89. The minimum absolute atomic E-state index is 0.0865. The van der Waals surface area contributed by atoms with E-state index < -0.39 is 11.7 Å². The van der Waals surface area contributed by atoms with Crippen LogP contribution in [0.25, 0.3) is 28.5 Å². The number of benzene rings is 1. The Morgan fingerprint density at radius 1 is 0.903 bits per heavy atom. The van der Waals surface area contributed by atoms with Gasteiger partial charge in [0.05, 0.1) is 17.0 Å². The largest absolute Gasteiger partial charge is 0.416 e. The monoisotopic (exact) mass is 425 g/mol. The Morgan fingerprint density at radius 3 is 2.19 bits per heavy atom. The number of alkyl halides is 3. The zero-order valence-corrected chi connectivity index (χ0v) is 16.7. The van der Waals surface area contributed by atoms with Crippen LogP contribution in [0.5, 0.6) is 0 Å². The molecule has 0 spiro atoms. The molecule has 0 saturated heterocycles. The van der Waals surface area contributed by atoms with E-state index in [1.807, 2.05) is 13.8 Å². The first-order valence-corrected chi connectivity index (χ1v) is 9.39. The highest BCUT2D eigenvalue weighted by Crippen LogP contribution is 2.31. The number of nitrogens with two attached hydrogens (primary N) is 1. The molecule has 2 N–H and O–H groups in total. The highest BCUT2D eigenvalue weighted by Gasteiger charge is 2.30. The highest BCUT2D eigenvalue weighted by atomic mass is 19.4. The number of hydrogen-bond acceptors (Lipinski definition) is 6. The second-order valence-electron chi connectivity index (χ2n) is 7.20. The normalized spacial score (nSPS) is 11.8. The van der Waals surface area contributed by atoms with Crippen molar-refractivity contribution in [3.8, 4) is 28.5 Å². The van der Waals surface area contributed by atoms with E-state index in [1.165, 1.54) is 12.1 Å². The van der Waals surface area contributed by atoms with E-state index in [1.54, 1.807) is 35.6 Å². The van der Waals surface area contributed by atoms with E-state index in [4.69, 9.17) is 5.73 Å². The molecule has 158 valence electrons. The molecule has 0 radical (unpaired) electrons. The van der Waals surface area contributed by atoms with Crippen molar-refractivity contribution < 1.29 is 13.2 Å². The van der Waals surface area contributed by atoms with E-state index in [0.29, 0.717) is 28.5 Å². The van der Waals surface area contributed by atoms with Gasteiger partial charge in [-0.2, -0.15) is 13.2 Å². The number of anilines is 1. The van der Waals surface area contributed by atoms with Crippen molar-refractivity contribution in [1.82, 2.24) is 29.5 Å². The Kier molecular flexibility index (Phi) is 5.14. The fourth-order valence-corrected chi connectivity index (χ4v) is 2.89. The number of halogens is 3. The molecule has 0 amide bonds. The predicted molar refractivity (Wildman–Crippen MR) is 109 cm³/mol. The van der Waals surface area contributed by atoms with Gasteiger partial charge < -0.3 is 5.73 Å². The van der Waals surface area contributed by atoms with Crippen LogP contribution in [0.15, 0.2) is 55.2 Å². The van der Waals surface area contributed by atoms with E-state index in [0.717, 1.165) is 17.8 Å². The summed E-state index contributed by atoms with van der Waals surface area (Å²) in [6.07, 6.45) is 2.02. The van der Waals surface area contributed by atoms with Crippen molar-refractivity contribution in [3.05, 3.63) is 66.5 Å². The van der Waals surface area contributed by atoms with Crippen LogP contribution in [0.3, 0.4) is 0 Å². The Balaban J connectivity index is 1.74. The van der Waals surface area contributed by atoms with Gasteiger partial charge in [-0.25, -0.2) is 24.9 Å². The van der Waals surface area contributed by atoms with Crippen LogP contribution in [0.2, 0.25) is 0 Å². The fraction of sp³-hybridized carbons (Fsp3) is 0.190. The second-order valence-corrected chi connectivity index (χ2v) is 7.20. The molecule has 4 rings (SSSR count). The van der Waals surface area contributed by atoms with E-state index in [2.05, 4.69) is 24.9 Å². The van der Waals surface area contributed by atoms with Crippen molar-refractivity contribution >= 4 is 5.95 Å². The summed E-state index contributed by atoms with van der Waals surface area (Å²) in [7, 11) is 0. The van der Waals surface area contributed by atoms with Gasteiger partial charge in [0.2, 0.25) is 11.9 Å². The van der Waals surface area contributed by atoms with Crippen LogP contribution < -0.4 is 5.73 Å². The summed E-state index contributed by atoms with van der Waals surface area (Å²) >= 11 is 0. The molecule has 0 fully saturated rings. The molecule has 0 atom stereocenters. The lowest BCUT2D eigenvalue weighted by Gasteiger charge is -2.12. The van der Waals surface area contributed by atoms with E-state index >= 15 is 0 Å². The molecule has 7 nitrogen and oxygen atoms in total. The van der Waals surface area contributed by atoms with E-state index in [9.17, 15) is 13.2 Å². The first-order chi connectivity index (χ1) is 14.7. The molecule has 1 aromatic carbocycles. The zero-order valence-electron chi connectivity index (χ0n) is 16.7. The van der Waals surface area contributed by atoms with Crippen LogP contribution in [0.4, 0.5) is 19.1 Å². The molecule has 0 saturated carbocycles. The molecule has 0 aliphatic rings. The molecule has 10 heteroatoms. The lowest BCUT2D eigenvalue weighted by Crippen LogP contribution is -2.06. The average Bonchev–Trinajstić information content (AvgIpc) is 3.24. The topological polar surface area (TPSA) is 95.4 Å². The van der Waals surface area contributed by atoms with E-state index in [-0.39, 0.29) is 11.9 Å². The summed E-state index contributed by atoms with van der Waals surface area (Å²) in [5, 5.41) is 0. The zero-order chi connectivity index (χ0) is 22.2. The maximum absolute atomic E-state index is 12.9. The summed E-state index contributed by atoms with van der Waals surface area (Å²) < 4.78 is 40.3. The Hall–Kier alpha value is -3.82. The number of nitrogens with zero attached hydrogens (tertiary/aromatic N) is 6. The van der Waals surface area contributed by atoms with Crippen molar-refractivity contribution in [2.45, 2.75) is 25.9 Å². The summed E-state index contributed by atoms with van der Waals surface area (Å²) in [6.45, 7) is 3.96. The summed E-state index contributed by atoms with van der Waals surface area (Å²) in [6, 6.07) is 6.68. The molecule has 3 aromatic heterocycles. The maximum atomic E-state index is 12.9. The van der Waals surface area contributed by atoms with Crippen LogP contribution in [0, 0.1) is 0 Å². The van der Waals surface area contributed by atoms with Crippen molar-refractivity contribution in [3.63, 3.8) is 0 Å². The van der Waals surface area contributed by atoms with Crippen molar-refractivity contribution in [2.24, 2.45) is 0 Å². The first-order valence-electron chi connectivity index (χ1n) is 9.39. The van der Waals surface area contributed by atoms with Gasteiger partial charge >= 0.3 is 6.18 Å². The highest BCUT2D eigenvalue weighted by molar-refractivity contribution is 5.61. The summed E-state index contributed by atoms with van der Waals surface area (Å²) in [5.41, 5.74) is 7.93. The SMILES string of the molecule is CC(C)c1cc(-c2ccc(C(F)(F)F)cc2)nc(-n2cnc(-c3cnc(N)nc3)c2)n1. The molecule has 3 heterocycles. The summed E-state index contributed by atoms with van der Waals surface area (Å²) in [4.78, 5) is 21.4. The van der Waals surface area contributed by atoms with Crippen LogP contribution in [-0.2, 0) is 6.18 Å². The quantitative estimate of drug-likeness (QED) is 0.517. The third-order valence-corrected chi connectivity index (χ3v) is 4.61. The second kappa shape index (κ2) is 7.78. The Labute approximate surface area is 175 Å². The number of hydrogen-bond donors (Lipinski definition) is 1. The van der Waals surface area contributed by atoms with Gasteiger partial charge in [0.1, 0.15) is 6.33 Å². The third kappa shape index (κ3) is 4.37. The predicted octanol–water partition coefficient (Wildman–Crippen LogP) is 4.51. The first kappa shape index (κ1) is 20.5. The van der Waals surface area contributed by atoms with Gasteiger partial charge in [0, 0.05) is 35.4 Å². The lowest BCUT2D eigenvalue weighted by atomic mass is 10.0. The minimum Gasteiger partial charge on any atom is -0.368 e. The Bertz CT molecular complexity index is 1200. The molecule has 0 aliphatic carbocycles. The van der Waals surface area contributed by atoms with Gasteiger partial charge in [-0.3, -0.25) is 4.57 Å². The van der Waals surface area contributed by atoms with Gasteiger partial charge in [0.15, 0.2) is 0 Å². The van der Waals surface area contributed by atoms with Gasteiger partial charge in [-0.15, -0.1) is 0 Å². The molecule has 4 aromatic rings. The van der Waals surface area contributed by atoms with Crippen molar-refractivity contribution in [1.29, 1.82) is 0 Å². The summed E-state index contributed by atoms with van der Waals surface area (Å²) in [5.74, 6) is 0.608. The number of aromatic nitrogens is 6. The van der Waals surface area contributed by atoms with Gasteiger partial charge in [0.25, 0.3) is 0 Å². The molecule has 0 aliphatic heterocycles. The standard InChI is InChI=1S/C21H18F3N7/c1-12(2)16-7-17(13-3-5-15(6-4-13)21(22,23)24)30-20(29-16)31-10-18(28-11-31)14-8-26-19(25)27-9-14/h3-12H,1-2H3,(H2,25,26,27). The molecule has 31 heavy (non-hydrogen) atoms. The lowest BCUT2D eigenvalue weighted by molar-refractivity contribution is -0.137. The third-order valence-electron chi connectivity index (χ3n) is 4.61. The maximum Gasteiger partial charge on any atom is 0.416 e. The Morgan fingerprint density at radius 2 is 1.58 bits per heavy atom. The number of imidazole rings is 1. The molecular formula is C21H18F3N7.